The average molecular weight is 284 g/mol. The number of unbranched alkanes of at least 4 members (excludes halogenated alkanes) is 4. The lowest BCUT2D eigenvalue weighted by Gasteiger charge is -2.19. The van der Waals surface area contributed by atoms with E-state index in [0.29, 0.717) is 0 Å². The minimum Gasteiger partial charge on any atom is -0.421 e. The van der Waals surface area contributed by atoms with E-state index in [4.69, 9.17) is 9.47 Å². The summed E-state index contributed by atoms with van der Waals surface area (Å²) in [6, 6.07) is 0. The van der Waals surface area contributed by atoms with Gasteiger partial charge in [-0.3, -0.25) is 9.59 Å². The standard InChI is InChI=1S/C16H28O4/c1-5-7-8-9-10-12-15(11-6-2)16(19-13(3)17)20-14(4)18/h12,16H,5-11H2,1-4H3. The highest BCUT2D eigenvalue weighted by atomic mass is 16.7. The Morgan fingerprint density at radius 3 is 2.00 bits per heavy atom. The molecule has 0 bridgehead atoms. The molecule has 0 aliphatic heterocycles. The van der Waals surface area contributed by atoms with Crippen LogP contribution in [0.1, 0.15) is 72.6 Å². The highest BCUT2D eigenvalue weighted by molar-refractivity contribution is 5.68. The number of carbonyl (C=O) groups is 2. The van der Waals surface area contributed by atoms with Crippen LogP contribution < -0.4 is 0 Å². The summed E-state index contributed by atoms with van der Waals surface area (Å²) in [5.41, 5.74) is 0.884. The van der Waals surface area contributed by atoms with Gasteiger partial charge < -0.3 is 9.47 Å². The molecule has 0 aromatic rings. The minimum absolute atomic E-state index is 0.441. The Kier molecular flexibility index (Phi) is 10.7. The van der Waals surface area contributed by atoms with Crippen molar-refractivity contribution in [1.82, 2.24) is 0 Å². The maximum atomic E-state index is 11.1. The third-order valence-electron chi connectivity index (χ3n) is 2.85. The van der Waals surface area contributed by atoms with Gasteiger partial charge in [-0.1, -0.05) is 45.6 Å². The normalized spacial score (nSPS) is 11.6. The molecule has 0 rings (SSSR count). The van der Waals surface area contributed by atoms with Crippen molar-refractivity contribution >= 4 is 11.9 Å². The van der Waals surface area contributed by atoms with Crippen molar-refractivity contribution in [2.45, 2.75) is 78.9 Å². The third kappa shape index (κ3) is 9.59. The van der Waals surface area contributed by atoms with Gasteiger partial charge in [0, 0.05) is 19.4 Å². The van der Waals surface area contributed by atoms with Gasteiger partial charge in [-0.2, -0.15) is 0 Å². The first-order valence-corrected chi connectivity index (χ1v) is 7.54. The fraction of sp³-hybridized carbons (Fsp3) is 0.750. The lowest BCUT2D eigenvalue weighted by molar-refractivity contribution is -0.178. The summed E-state index contributed by atoms with van der Waals surface area (Å²) in [6.45, 7) is 6.86. The highest BCUT2D eigenvalue weighted by Crippen LogP contribution is 2.18. The summed E-state index contributed by atoms with van der Waals surface area (Å²) in [6.07, 6.45) is 8.52. The van der Waals surface area contributed by atoms with Crippen LogP contribution >= 0.6 is 0 Å². The number of carbonyl (C=O) groups excluding carboxylic acids is 2. The van der Waals surface area contributed by atoms with E-state index in [9.17, 15) is 9.59 Å². The molecule has 0 aromatic carbocycles. The van der Waals surface area contributed by atoms with Gasteiger partial charge in [0.2, 0.25) is 0 Å². The second-order valence-electron chi connectivity index (χ2n) is 4.93. The van der Waals surface area contributed by atoms with E-state index in [1.165, 1.54) is 33.1 Å². The summed E-state index contributed by atoms with van der Waals surface area (Å²) in [5, 5.41) is 0. The Labute approximate surface area is 122 Å². The fourth-order valence-corrected chi connectivity index (χ4v) is 1.94. The lowest BCUT2D eigenvalue weighted by atomic mass is 10.1. The molecule has 0 amide bonds. The Bertz CT molecular complexity index is 304. The maximum Gasteiger partial charge on any atom is 0.305 e. The Morgan fingerprint density at radius 2 is 1.55 bits per heavy atom. The molecule has 0 spiro atoms. The van der Waals surface area contributed by atoms with Crippen LogP contribution in [0.3, 0.4) is 0 Å². The van der Waals surface area contributed by atoms with Crippen LogP contribution in [0.5, 0.6) is 0 Å². The maximum absolute atomic E-state index is 11.1. The van der Waals surface area contributed by atoms with Crippen LogP contribution in [0.2, 0.25) is 0 Å². The number of hydrogen-bond donors (Lipinski definition) is 0. The molecule has 0 saturated heterocycles. The van der Waals surface area contributed by atoms with Crippen molar-refractivity contribution in [2.75, 3.05) is 0 Å². The molecule has 0 heterocycles. The predicted molar refractivity (Wildman–Crippen MR) is 79.1 cm³/mol. The SMILES string of the molecule is CCCCCCC=C(CCC)C(OC(C)=O)OC(C)=O. The number of esters is 2. The first-order chi connectivity index (χ1) is 9.51. The second-order valence-corrected chi connectivity index (χ2v) is 4.93. The number of hydrogen-bond acceptors (Lipinski definition) is 4. The third-order valence-corrected chi connectivity index (χ3v) is 2.85. The first-order valence-electron chi connectivity index (χ1n) is 7.54. The van der Waals surface area contributed by atoms with Gasteiger partial charge in [0.05, 0.1) is 0 Å². The number of ether oxygens (including phenoxy) is 2. The summed E-state index contributed by atoms with van der Waals surface area (Å²) in [4.78, 5) is 22.2. The Morgan fingerprint density at radius 1 is 0.950 bits per heavy atom. The molecule has 4 nitrogen and oxygen atoms in total. The molecular weight excluding hydrogens is 256 g/mol. The topological polar surface area (TPSA) is 52.6 Å². The van der Waals surface area contributed by atoms with Crippen LogP contribution in [0, 0.1) is 0 Å². The monoisotopic (exact) mass is 284 g/mol. The molecule has 0 atom stereocenters. The summed E-state index contributed by atoms with van der Waals surface area (Å²) in [5.74, 6) is -0.881. The van der Waals surface area contributed by atoms with Crippen LogP contribution in [0.25, 0.3) is 0 Å². The van der Waals surface area contributed by atoms with Crippen LogP contribution in [0.4, 0.5) is 0 Å². The van der Waals surface area contributed by atoms with Gasteiger partial charge >= 0.3 is 11.9 Å². The van der Waals surface area contributed by atoms with Crippen molar-refractivity contribution in [3.63, 3.8) is 0 Å². The number of allylic oxidation sites excluding steroid dienone is 1. The van der Waals surface area contributed by atoms with Gasteiger partial charge in [0.25, 0.3) is 6.29 Å². The highest BCUT2D eigenvalue weighted by Gasteiger charge is 2.19. The summed E-state index contributed by atoms with van der Waals surface area (Å²) < 4.78 is 10.2. The smallest absolute Gasteiger partial charge is 0.305 e. The van der Waals surface area contributed by atoms with Gasteiger partial charge in [0.15, 0.2) is 0 Å². The van der Waals surface area contributed by atoms with Gasteiger partial charge in [0.1, 0.15) is 0 Å². The molecule has 0 saturated carbocycles. The number of rotatable bonds is 10. The van der Waals surface area contributed by atoms with Crippen LogP contribution in [-0.2, 0) is 19.1 Å². The van der Waals surface area contributed by atoms with Gasteiger partial charge in [-0.25, -0.2) is 0 Å². The molecule has 0 aliphatic rings. The molecule has 116 valence electrons. The molecule has 0 aromatic heterocycles. The van der Waals surface area contributed by atoms with E-state index in [1.807, 2.05) is 6.92 Å². The van der Waals surface area contributed by atoms with E-state index in [-0.39, 0.29) is 0 Å². The molecule has 0 fully saturated rings. The molecular formula is C16H28O4. The zero-order valence-electron chi connectivity index (χ0n) is 13.2. The van der Waals surface area contributed by atoms with Gasteiger partial charge in [-0.15, -0.1) is 0 Å². The van der Waals surface area contributed by atoms with Crippen LogP contribution in [0.15, 0.2) is 11.6 Å². The zero-order chi connectivity index (χ0) is 15.4. The second kappa shape index (κ2) is 11.5. The predicted octanol–water partition coefficient (Wildman–Crippen LogP) is 4.14. The van der Waals surface area contributed by atoms with E-state index < -0.39 is 18.2 Å². The lowest BCUT2D eigenvalue weighted by Crippen LogP contribution is -2.24. The van der Waals surface area contributed by atoms with E-state index in [2.05, 4.69) is 13.0 Å². The van der Waals surface area contributed by atoms with Crippen LogP contribution in [-0.4, -0.2) is 18.2 Å². The van der Waals surface area contributed by atoms with Crippen molar-refractivity contribution in [1.29, 1.82) is 0 Å². The van der Waals surface area contributed by atoms with E-state index >= 15 is 0 Å². The van der Waals surface area contributed by atoms with E-state index in [1.54, 1.807) is 0 Å². The summed E-state index contributed by atoms with van der Waals surface area (Å²) >= 11 is 0. The average Bonchev–Trinajstić information content (AvgIpc) is 2.35. The first kappa shape index (κ1) is 18.7. The van der Waals surface area contributed by atoms with Crippen molar-refractivity contribution in [3.05, 3.63) is 11.6 Å². The molecule has 0 aliphatic carbocycles. The molecule has 4 heteroatoms. The zero-order valence-corrected chi connectivity index (χ0v) is 13.2. The molecule has 0 N–H and O–H groups in total. The molecule has 0 radical (unpaired) electrons. The summed E-state index contributed by atoms with van der Waals surface area (Å²) in [7, 11) is 0. The quantitative estimate of drug-likeness (QED) is 0.262. The van der Waals surface area contributed by atoms with E-state index in [0.717, 1.165) is 31.3 Å². The Hall–Kier alpha value is -1.32. The molecule has 20 heavy (non-hydrogen) atoms. The van der Waals surface area contributed by atoms with Crippen molar-refractivity contribution < 1.29 is 19.1 Å². The van der Waals surface area contributed by atoms with Gasteiger partial charge in [-0.05, 0) is 19.3 Å². The van der Waals surface area contributed by atoms with Crippen molar-refractivity contribution in [2.24, 2.45) is 0 Å². The molecule has 0 unspecified atom stereocenters. The minimum atomic E-state index is -0.865. The Balaban J connectivity index is 4.63. The largest absolute Gasteiger partial charge is 0.421 e. The van der Waals surface area contributed by atoms with Crippen molar-refractivity contribution in [3.8, 4) is 0 Å². The fourth-order valence-electron chi connectivity index (χ4n) is 1.94.